The van der Waals surface area contributed by atoms with Gasteiger partial charge in [-0.2, -0.15) is 18.3 Å². The van der Waals surface area contributed by atoms with Crippen LogP contribution in [-0.4, -0.2) is 26.3 Å². The van der Waals surface area contributed by atoms with Crippen LogP contribution < -0.4 is 5.43 Å². The molecule has 2 aliphatic rings. The molecule has 178 valence electrons. The van der Waals surface area contributed by atoms with E-state index >= 15 is 0 Å². The lowest BCUT2D eigenvalue weighted by atomic mass is 9.78. The Morgan fingerprint density at radius 2 is 1.94 bits per heavy atom. The van der Waals surface area contributed by atoms with Gasteiger partial charge in [0.15, 0.2) is 17.2 Å². The molecule has 0 bridgehead atoms. The summed E-state index contributed by atoms with van der Waals surface area (Å²) >= 11 is 0. The number of hydrogen-bond acceptors (Lipinski definition) is 4. The SMILES string of the molecule is CC1(F)CCC(C(=O)c2nn(CC3(c4cccc(C(F)(F)F)c4)CCCC3)cc(O)c2=O)C1. The topological polar surface area (TPSA) is 72.2 Å². The second kappa shape index (κ2) is 8.25. The van der Waals surface area contributed by atoms with E-state index in [1.807, 2.05) is 0 Å². The molecule has 9 heteroatoms. The first-order valence-corrected chi connectivity index (χ1v) is 11.1. The lowest BCUT2D eigenvalue weighted by molar-refractivity contribution is -0.137. The Morgan fingerprint density at radius 1 is 1.24 bits per heavy atom. The average molecular weight is 466 g/mol. The summed E-state index contributed by atoms with van der Waals surface area (Å²) in [6.45, 7) is 1.52. The molecule has 1 N–H and O–H groups in total. The van der Waals surface area contributed by atoms with Crippen LogP contribution in [-0.2, 0) is 18.1 Å². The molecule has 2 fully saturated rings. The van der Waals surface area contributed by atoms with Crippen LogP contribution in [0.4, 0.5) is 17.6 Å². The highest BCUT2D eigenvalue weighted by atomic mass is 19.4. The van der Waals surface area contributed by atoms with Crippen molar-refractivity contribution in [3.63, 3.8) is 0 Å². The van der Waals surface area contributed by atoms with E-state index in [9.17, 15) is 32.3 Å². The Balaban J connectivity index is 1.69. The Kier molecular flexibility index (Phi) is 5.87. The van der Waals surface area contributed by atoms with E-state index in [4.69, 9.17) is 0 Å². The number of carbonyl (C=O) groups is 1. The summed E-state index contributed by atoms with van der Waals surface area (Å²) < 4.78 is 55.4. The molecule has 0 spiro atoms. The van der Waals surface area contributed by atoms with Crippen molar-refractivity contribution in [3.8, 4) is 5.75 Å². The van der Waals surface area contributed by atoms with Crippen LogP contribution >= 0.6 is 0 Å². The number of nitrogens with zero attached hydrogens (tertiary/aromatic N) is 2. The van der Waals surface area contributed by atoms with Crippen LogP contribution in [0.2, 0.25) is 0 Å². The van der Waals surface area contributed by atoms with Gasteiger partial charge in [-0.1, -0.05) is 31.0 Å². The van der Waals surface area contributed by atoms with Crippen molar-refractivity contribution in [1.82, 2.24) is 9.78 Å². The number of benzene rings is 1. The van der Waals surface area contributed by atoms with E-state index in [0.29, 0.717) is 18.4 Å². The summed E-state index contributed by atoms with van der Waals surface area (Å²) in [4.78, 5) is 25.4. The largest absolute Gasteiger partial charge is 0.503 e. The zero-order chi connectivity index (χ0) is 24.0. The van der Waals surface area contributed by atoms with E-state index in [1.54, 1.807) is 6.07 Å². The molecular formula is C24H26F4N2O3. The van der Waals surface area contributed by atoms with Gasteiger partial charge in [0.05, 0.1) is 18.3 Å². The summed E-state index contributed by atoms with van der Waals surface area (Å²) in [6, 6.07) is 5.18. The summed E-state index contributed by atoms with van der Waals surface area (Å²) in [7, 11) is 0. The molecule has 1 aromatic heterocycles. The fraction of sp³-hybridized carbons (Fsp3) is 0.542. The first-order valence-electron chi connectivity index (χ1n) is 11.1. The zero-order valence-electron chi connectivity index (χ0n) is 18.3. The van der Waals surface area contributed by atoms with Crippen molar-refractivity contribution in [2.45, 2.75) is 75.7 Å². The molecule has 2 aromatic rings. The molecule has 0 amide bonds. The van der Waals surface area contributed by atoms with Gasteiger partial charge in [0, 0.05) is 11.3 Å². The summed E-state index contributed by atoms with van der Waals surface area (Å²) in [5, 5.41) is 14.4. The minimum atomic E-state index is -4.48. The van der Waals surface area contributed by atoms with Crippen LogP contribution in [0.3, 0.4) is 0 Å². The number of rotatable bonds is 5. The van der Waals surface area contributed by atoms with E-state index in [0.717, 1.165) is 31.2 Å². The molecule has 33 heavy (non-hydrogen) atoms. The van der Waals surface area contributed by atoms with Crippen molar-refractivity contribution in [2.24, 2.45) is 5.92 Å². The Hall–Kier alpha value is -2.71. The van der Waals surface area contributed by atoms with E-state index in [1.165, 1.54) is 17.7 Å². The predicted molar refractivity (Wildman–Crippen MR) is 113 cm³/mol. The van der Waals surface area contributed by atoms with Gasteiger partial charge in [0.25, 0.3) is 5.43 Å². The van der Waals surface area contributed by atoms with Crippen molar-refractivity contribution in [1.29, 1.82) is 0 Å². The van der Waals surface area contributed by atoms with Gasteiger partial charge in [0.1, 0.15) is 5.67 Å². The predicted octanol–water partition coefficient (Wildman–Crippen LogP) is 5.19. The van der Waals surface area contributed by atoms with Crippen molar-refractivity contribution in [2.75, 3.05) is 0 Å². The number of alkyl halides is 4. The first kappa shape index (κ1) is 23.4. The number of halogens is 4. The second-order valence-corrected chi connectivity index (χ2v) is 9.67. The molecule has 1 heterocycles. The lowest BCUT2D eigenvalue weighted by Crippen LogP contribution is -2.33. The monoisotopic (exact) mass is 466 g/mol. The molecular weight excluding hydrogens is 440 g/mol. The molecule has 2 unspecified atom stereocenters. The van der Waals surface area contributed by atoms with Crippen LogP contribution in [0.25, 0.3) is 0 Å². The highest BCUT2D eigenvalue weighted by Crippen LogP contribution is 2.44. The number of aromatic hydroxyl groups is 1. The maximum absolute atomic E-state index is 14.2. The standard InChI is InChI=1S/C24H26F4N2O3/c1-22(25)10-7-15(12-22)20(32)19-21(33)18(31)13-30(29-19)14-23(8-2-3-9-23)16-5-4-6-17(11-16)24(26,27)28/h4-6,11,13,15,31H,2-3,7-10,12,14H2,1H3. The van der Waals surface area contributed by atoms with Crippen LogP contribution in [0.5, 0.6) is 5.75 Å². The van der Waals surface area contributed by atoms with E-state index in [2.05, 4.69) is 5.10 Å². The maximum atomic E-state index is 14.2. The highest BCUT2D eigenvalue weighted by Gasteiger charge is 2.41. The van der Waals surface area contributed by atoms with Gasteiger partial charge >= 0.3 is 6.18 Å². The van der Waals surface area contributed by atoms with Gasteiger partial charge in [-0.15, -0.1) is 0 Å². The van der Waals surface area contributed by atoms with Gasteiger partial charge in [-0.25, -0.2) is 4.39 Å². The number of Topliss-reactive ketones (excluding diaryl/α,β-unsaturated/α-hetero) is 1. The number of aromatic nitrogens is 2. The highest BCUT2D eigenvalue weighted by molar-refractivity contribution is 5.96. The van der Waals surface area contributed by atoms with Crippen molar-refractivity contribution in [3.05, 3.63) is 57.5 Å². The van der Waals surface area contributed by atoms with Gasteiger partial charge in [0.2, 0.25) is 0 Å². The number of ketones is 1. The molecule has 2 saturated carbocycles. The molecule has 2 aliphatic carbocycles. The molecule has 1 aromatic carbocycles. The van der Waals surface area contributed by atoms with Crippen molar-refractivity contribution < 1.29 is 27.5 Å². The number of carbonyl (C=O) groups excluding carboxylic acids is 1. The average Bonchev–Trinajstić information content (AvgIpc) is 3.36. The summed E-state index contributed by atoms with van der Waals surface area (Å²) in [5.74, 6) is -1.96. The minimum Gasteiger partial charge on any atom is -0.503 e. The number of hydrogen-bond donors (Lipinski definition) is 1. The molecule has 0 saturated heterocycles. The van der Waals surface area contributed by atoms with Gasteiger partial charge in [-0.3, -0.25) is 14.3 Å². The Morgan fingerprint density at radius 3 is 2.55 bits per heavy atom. The smallest absolute Gasteiger partial charge is 0.416 e. The van der Waals surface area contributed by atoms with Crippen molar-refractivity contribution >= 4 is 5.78 Å². The quantitative estimate of drug-likeness (QED) is 0.486. The van der Waals surface area contributed by atoms with E-state index < -0.39 is 51.4 Å². The molecule has 5 nitrogen and oxygen atoms in total. The first-order chi connectivity index (χ1) is 15.4. The minimum absolute atomic E-state index is 0.0171. The molecule has 0 aliphatic heterocycles. The molecule has 2 atom stereocenters. The lowest BCUT2D eigenvalue weighted by Gasteiger charge is -2.31. The van der Waals surface area contributed by atoms with Gasteiger partial charge < -0.3 is 5.11 Å². The molecule has 4 rings (SSSR count). The summed E-state index contributed by atoms with van der Waals surface area (Å²) in [6.07, 6.45) is -0.0560. The van der Waals surface area contributed by atoms with E-state index in [-0.39, 0.29) is 25.8 Å². The zero-order valence-corrected chi connectivity index (χ0v) is 18.3. The second-order valence-electron chi connectivity index (χ2n) is 9.67. The van der Waals surface area contributed by atoms with Crippen LogP contribution in [0, 0.1) is 5.92 Å². The maximum Gasteiger partial charge on any atom is 0.416 e. The third-order valence-electron chi connectivity index (χ3n) is 7.07. The Labute approximate surface area is 188 Å². The normalized spacial score (nSPS) is 24.8. The summed E-state index contributed by atoms with van der Waals surface area (Å²) in [5.41, 5.74) is -3.77. The fourth-order valence-corrected chi connectivity index (χ4v) is 5.30. The van der Waals surface area contributed by atoms with Gasteiger partial charge in [-0.05, 0) is 50.7 Å². The van der Waals surface area contributed by atoms with Crippen LogP contribution in [0.1, 0.15) is 73.5 Å². The van der Waals surface area contributed by atoms with Crippen LogP contribution in [0.15, 0.2) is 35.3 Å². The molecule has 0 radical (unpaired) electrons. The Bertz CT molecular complexity index is 1120. The fourth-order valence-electron chi connectivity index (χ4n) is 5.30. The third-order valence-corrected chi connectivity index (χ3v) is 7.07. The third kappa shape index (κ3) is 4.68.